The van der Waals surface area contributed by atoms with Crippen molar-refractivity contribution in [3.05, 3.63) is 42.3 Å². The average Bonchev–Trinajstić information content (AvgIpc) is 3.44. The summed E-state index contributed by atoms with van der Waals surface area (Å²) in [7, 11) is 0. The van der Waals surface area contributed by atoms with E-state index in [0.29, 0.717) is 34.5 Å². The highest BCUT2D eigenvalue weighted by Crippen LogP contribution is 2.42. The van der Waals surface area contributed by atoms with Gasteiger partial charge in [0.1, 0.15) is 5.69 Å². The summed E-state index contributed by atoms with van der Waals surface area (Å²) in [5.74, 6) is 3.35. The number of ether oxygens (including phenoxy) is 4. The lowest BCUT2D eigenvalue weighted by atomic mass is 10.0. The number of aromatic nitrogens is 1. The molecule has 0 N–H and O–H groups in total. The molecule has 3 heterocycles. The fourth-order valence-electron chi connectivity index (χ4n) is 2.98. The van der Waals surface area contributed by atoms with E-state index in [0.717, 1.165) is 11.1 Å². The number of benzene rings is 2. The summed E-state index contributed by atoms with van der Waals surface area (Å²) in [6.07, 6.45) is 0. The van der Waals surface area contributed by atoms with Gasteiger partial charge >= 0.3 is 0 Å². The predicted molar refractivity (Wildman–Crippen MR) is 97.0 cm³/mol. The van der Waals surface area contributed by atoms with Gasteiger partial charge in [0, 0.05) is 11.1 Å². The molecule has 0 aliphatic carbocycles. The van der Waals surface area contributed by atoms with Crippen LogP contribution in [0.5, 0.6) is 23.0 Å². The first-order chi connectivity index (χ1) is 13.2. The SMILES string of the molecule is N#CC(S)c1nc(-c2ccc3c(c2)OCO3)c(-c2ccc3c(c2)OCO3)o1. The molecule has 0 amide bonds. The quantitative estimate of drug-likeness (QED) is 0.688. The van der Waals surface area contributed by atoms with Crippen molar-refractivity contribution >= 4 is 12.6 Å². The first-order valence-corrected chi connectivity index (χ1v) is 8.63. The standard InChI is InChI=1S/C19H12N2O5S/c20-7-16(27)19-21-17(10-1-3-12-14(5-10)24-8-22-12)18(26-19)11-2-4-13-15(6-11)25-9-23-13/h1-6,16,27H,8-9H2. The van der Waals surface area contributed by atoms with Crippen molar-refractivity contribution in [3.63, 3.8) is 0 Å². The largest absolute Gasteiger partial charge is 0.454 e. The Morgan fingerprint density at radius 1 is 0.889 bits per heavy atom. The summed E-state index contributed by atoms with van der Waals surface area (Å²) in [6, 6.07) is 13.0. The minimum atomic E-state index is -0.777. The average molecular weight is 380 g/mol. The molecule has 0 bridgehead atoms. The van der Waals surface area contributed by atoms with Gasteiger partial charge in [0.25, 0.3) is 0 Å². The number of hydrogen-bond acceptors (Lipinski definition) is 8. The van der Waals surface area contributed by atoms with Crippen LogP contribution in [-0.2, 0) is 0 Å². The molecular weight excluding hydrogens is 368 g/mol. The van der Waals surface area contributed by atoms with E-state index in [9.17, 15) is 5.26 Å². The number of thiol groups is 1. The van der Waals surface area contributed by atoms with Crippen molar-refractivity contribution < 1.29 is 23.4 Å². The number of nitriles is 1. The van der Waals surface area contributed by atoms with Crippen LogP contribution in [0.1, 0.15) is 11.1 Å². The van der Waals surface area contributed by atoms with Crippen LogP contribution in [0.15, 0.2) is 40.8 Å². The molecule has 5 rings (SSSR count). The summed E-state index contributed by atoms with van der Waals surface area (Å²) in [6.45, 7) is 0.369. The van der Waals surface area contributed by atoms with Crippen molar-refractivity contribution in [1.29, 1.82) is 5.26 Å². The Morgan fingerprint density at radius 2 is 1.48 bits per heavy atom. The fraction of sp³-hybridized carbons (Fsp3) is 0.158. The number of fused-ring (bicyclic) bond motifs is 2. The maximum atomic E-state index is 9.18. The second-order valence-electron chi connectivity index (χ2n) is 5.90. The van der Waals surface area contributed by atoms with E-state index in [4.69, 9.17) is 23.4 Å². The molecule has 1 aromatic heterocycles. The zero-order chi connectivity index (χ0) is 18.4. The van der Waals surface area contributed by atoms with E-state index in [1.54, 1.807) is 0 Å². The van der Waals surface area contributed by atoms with Crippen LogP contribution in [-0.4, -0.2) is 18.6 Å². The molecule has 0 spiro atoms. The molecule has 7 nitrogen and oxygen atoms in total. The van der Waals surface area contributed by atoms with Crippen LogP contribution in [0.4, 0.5) is 0 Å². The van der Waals surface area contributed by atoms with Crippen LogP contribution in [0.3, 0.4) is 0 Å². The molecule has 0 radical (unpaired) electrons. The topological polar surface area (TPSA) is 86.7 Å². The van der Waals surface area contributed by atoms with Gasteiger partial charge in [-0.2, -0.15) is 17.9 Å². The van der Waals surface area contributed by atoms with Gasteiger partial charge in [0.15, 0.2) is 34.0 Å². The smallest absolute Gasteiger partial charge is 0.231 e. The van der Waals surface area contributed by atoms with Crippen molar-refractivity contribution in [2.45, 2.75) is 5.25 Å². The first kappa shape index (κ1) is 15.9. The maximum absolute atomic E-state index is 9.18. The first-order valence-electron chi connectivity index (χ1n) is 8.11. The Balaban J connectivity index is 1.66. The molecule has 27 heavy (non-hydrogen) atoms. The third-order valence-electron chi connectivity index (χ3n) is 4.28. The van der Waals surface area contributed by atoms with E-state index in [2.05, 4.69) is 17.6 Å². The predicted octanol–water partition coefficient (Wildman–Crippen LogP) is 3.96. The third-order valence-corrected chi connectivity index (χ3v) is 4.62. The normalized spacial score (nSPS) is 14.8. The lowest BCUT2D eigenvalue weighted by molar-refractivity contribution is 0.173. The van der Waals surface area contributed by atoms with Gasteiger partial charge in [0.05, 0.1) is 6.07 Å². The highest BCUT2D eigenvalue weighted by Gasteiger charge is 2.24. The van der Waals surface area contributed by atoms with Crippen molar-refractivity contribution in [3.8, 4) is 51.6 Å². The zero-order valence-corrected chi connectivity index (χ0v) is 14.7. The molecule has 134 valence electrons. The Labute approximate surface area is 159 Å². The Hall–Kier alpha value is -3.31. The Bertz CT molecular complexity index is 1010. The van der Waals surface area contributed by atoms with E-state index in [-0.39, 0.29) is 19.5 Å². The van der Waals surface area contributed by atoms with E-state index in [1.165, 1.54) is 0 Å². The molecule has 3 aromatic rings. The fourth-order valence-corrected chi connectivity index (χ4v) is 3.09. The minimum Gasteiger partial charge on any atom is -0.454 e. The maximum Gasteiger partial charge on any atom is 0.231 e. The molecule has 1 unspecified atom stereocenters. The molecule has 0 saturated carbocycles. The number of nitrogens with zero attached hydrogens (tertiary/aromatic N) is 2. The van der Waals surface area contributed by atoms with Crippen LogP contribution >= 0.6 is 12.6 Å². The van der Waals surface area contributed by atoms with Gasteiger partial charge < -0.3 is 23.4 Å². The van der Waals surface area contributed by atoms with E-state index in [1.807, 2.05) is 42.5 Å². The van der Waals surface area contributed by atoms with Crippen molar-refractivity contribution in [2.75, 3.05) is 13.6 Å². The summed E-state index contributed by atoms with van der Waals surface area (Å²) < 4.78 is 27.5. The van der Waals surface area contributed by atoms with Crippen LogP contribution < -0.4 is 18.9 Å². The molecule has 0 fully saturated rings. The summed E-state index contributed by atoms with van der Waals surface area (Å²) in [5, 5.41) is 8.41. The van der Waals surface area contributed by atoms with Gasteiger partial charge in [-0.25, -0.2) is 4.98 Å². The van der Waals surface area contributed by atoms with Crippen molar-refractivity contribution in [2.24, 2.45) is 0 Å². The second-order valence-corrected chi connectivity index (χ2v) is 6.41. The van der Waals surface area contributed by atoms with Gasteiger partial charge in [-0.1, -0.05) is 0 Å². The van der Waals surface area contributed by atoms with Gasteiger partial charge in [-0.15, -0.1) is 0 Å². The second kappa shape index (κ2) is 6.14. The molecule has 8 heteroatoms. The Kier molecular flexibility index (Phi) is 3.62. The number of hydrogen-bond donors (Lipinski definition) is 1. The van der Waals surface area contributed by atoms with Gasteiger partial charge in [-0.3, -0.25) is 0 Å². The monoisotopic (exact) mass is 380 g/mol. The molecule has 2 aromatic carbocycles. The third kappa shape index (κ3) is 2.64. The zero-order valence-electron chi connectivity index (χ0n) is 13.8. The molecule has 2 aliphatic heterocycles. The van der Waals surface area contributed by atoms with E-state index < -0.39 is 5.25 Å². The van der Waals surface area contributed by atoms with Crippen LogP contribution in [0.25, 0.3) is 22.6 Å². The lowest BCUT2D eigenvalue weighted by Crippen LogP contribution is -1.93. The lowest BCUT2D eigenvalue weighted by Gasteiger charge is -2.04. The molecule has 2 aliphatic rings. The molecule has 1 atom stereocenters. The minimum absolute atomic E-state index is 0.183. The summed E-state index contributed by atoms with van der Waals surface area (Å²) >= 11 is 4.23. The Morgan fingerprint density at radius 3 is 2.15 bits per heavy atom. The van der Waals surface area contributed by atoms with Crippen LogP contribution in [0, 0.1) is 11.3 Å². The summed E-state index contributed by atoms with van der Waals surface area (Å²) in [5.41, 5.74) is 2.11. The van der Waals surface area contributed by atoms with Gasteiger partial charge in [0.2, 0.25) is 19.5 Å². The van der Waals surface area contributed by atoms with E-state index >= 15 is 0 Å². The summed E-state index contributed by atoms with van der Waals surface area (Å²) in [4.78, 5) is 4.51. The highest BCUT2D eigenvalue weighted by atomic mass is 32.1. The number of rotatable bonds is 3. The molecular formula is C19H12N2O5S. The number of oxazole rings is 1. The van der Waals surface area contributed by atoms with Gasteiger partial charge in [-0.05, 0) is 36.4 Å². The highest BCUT2D eigenvalue weighted by molar-refractivity contribution is 7.80. The van der Waals surface area contributed by atoms with Crippen LogP contribution in [0.2, 0.25) is 0 Å². The molecule has 0 saturated heterocycles. The van der Waals surface area contributed by atoms with Crippen molar-refractivity contribution in [1.82, 2.24) is 4.98 Å².